The number of rotatable bonds is 8. The molecular weight excluding hydrogens is 280 g/mol. The zero-order valence-electron chi connectivity index (χ0n) is 12.4. The van der Waals surface area contributed by atoms with E-state index in [9.17, 15) is 13.6 Å². The van der Waals surface area contributed by atoms with Crippen molar-refractivity contribution in [2.24, 2.45) is 5.73 Å². The smallest absolute Gasteiger partial charge is 0.387 e. The highest BCUT2D eigenvalue weighted by Gasteiger charge is 2.35. The number of nitrogens with one attached hydrogen (secondary N) is 1. The number of halogens is 2. The van der Waals surface area contributed by atoms with E-state index in [0.29, 0.717) is 13.1 Å². The van der Waals surface area contributed by atoms with E-state index in [4.69, 9.17) is 5.73 Å². The fourth-order valence-corrected chi connectivity index (χ4v) is 1.92. The van der Waals surface area contributed by atoms with Crippen LogP contribution in [0.2, 0.25) is 0 Å². The first kappa shape index (κ1) is 17.3. The molecule has 0 fully saturated rings. The topological polar surface area (TPSA) is 67.6 Å². The summed E-state index contributed by atoms with van der Waals surface area (Å²) in [5, 5.41) is 3.02. The highest BCUT2D eigenvalue weighted by atomic mass is 19.3. The van der Waals surface area contributed by atoms with Gasteiger partial charge in [-0.25, -0.2) is 0 Å². The molecule has 1 aromatic rings. The van der Waals surface area contributed by atoms with Gasteiger partial charge in [0.2, 0.25) is 5.91 Å². The number of hydrogen-bond acceptors (Lipinski definition) is 4. The largest absolute Gasteiger partial charge is 0.434 e. The van der Waals surface area contributed by atoms with Crippen LogP contribution in [0.5, 0.6) is 5.75 Å². The number of primary amides is 1. The van der Waals surface area contributed by atoms with Gasteiger partial charge in [0.1, 0.15) is 11.3 Å². The molecule has 5 nitrogen and oxygen atoms in total. The van der Waals surface area contributed by atoms with Crippen LogP contribution >= 0.6 is 0 Å². The van der Waals surface area contributed by atoms with Crippen molar-refractivity contribution in [2.75, 3.05) is 27.2 Å². The van der Waals surface area contributed by atoms with Crippen molar-refractivity contribution in [3.63, 3.8) is 0 Å². The van der Waals surface area contributed by atoms with Gasteiger partial charge in [-0.2, -0.15) is 8.78 Å². The number of alkyl halides is 2. The van der Waals surface area contributed by atoms with E-state index in [-0.39, 0.29) is 11.3 Å². The Morgan fingerprint density at radius 3 is 2.57 bits per heavy atom. The third-order valence-electron chi connectivity index (χ3n) is 3.17. The molecule has 1 unspecified atom stereocenters. The second-order valence-electron chi connectivity index (χ2n) is 5.09. The summed E-state index contributed by atoms with van der Waals surface area (Å²) in [5.74, 6) is -0.724. The molecule has 1 amide bonds. The molecule has 21 heavy (non-hydrogen) atoms. The number of carbonyl (C=O) groups excluding carboxylic acids is 1. The summed E-state index contributed by atoms with van der Waals surface area (Å²) in [6.07, 6.45) is 0. The molecule has 0 bridgehead atoms. The van der Waals surface area contributed by atoms with E-state index in [1.54, 1.807) is 25.1 Å². The summed E-state index contributed by atoms with van der Waals surface area (Å²) < 4.78 is 29.4. The number of amides is 1. The molecule has 1 atom stereocenters. The van der Waals surface area contributed by atoms with Crippen LogP contribution in [0.4, 0.5) is 8.78 Å². The van der Waals surface area contributed by atoms with Crippen LogP contribution in [0.3, 0.4) is 0 Å². The highest BCUT2D eigenvalue weighted by molar-refractivity contribution is 5.86. The Labute approximate surface area is 123 Å². The normalized spacial score (nSPS) is 14.2. The SMILES string of the molecule is CN(C)CCNC(C)(C(N)=O)c1ccccc1OC(F)F. The van der Waals surface area contributed by atoms with Crippen molar-refractivity contribution in [3.8, 4) is 5.75 Å². The molecule has 0 spiro atoms. The van der Waals surface area contributed by atoms with Crippen molar-refractivity contribution in [3.05, 3.63) is 29.8 Å². The van der Waals surface area contributed by atoms with Gasteiger partial charge < -0.3 is 15.4 Å². The van der Waals surface area contributed by atoms with Gasteiger partial charge >= 0.3 is 6.61 Å². The average Bonchev–Trinajstić information content (AvgIpc) is 2.37. The molecule has 0 radical (unpaired) electrons. The average molecular weight is 301 g/mol. The summed E-state index contributed by atoms with van der Waals surface area (Å²) in [6.45, 7) is -0.278. The lowest BCUT2D eigenvalue weighted by atomic mass is 9.90. The van der Waals surface area contributed by atoms with Crippen LogP contribution in [-0.4, -0.2) is 44.6 Å². The molecule has 1 rings (SSSR count). The number of para-hydroxylation sites is 1. The summed E-state index contributed by atoms with van der Waals surface area (Å²) in [4.78, 5) is 13.8. The number of nitrogens with two attached hydrogens (primary N) is 1. The molecule has 7 heteroatoms. The Balaban J connectivity index is 3.07. The van der Waals surface area contributed by atoms with Crippen molar-refractivity contribution < 1.29 is 18.3 Å². The van der Waals surface area contributed by atoms with Crippen molar-refractivity contribution in [2.45, 2.75) is 19.1 Å². The first-order chi connectivity index (χ1) is 9.77. The fraction of sp³-hybridized carbons (Fsp3) is 0.500. The zero-order valence-corrected chi connectivity index (χ0v) is 12.4. The highest BCUT2D eigenvalue weighted by Crippen LogP contribution is 2.30. The molecular formula is C14H21F2N3O2. The van der Waals surface area contributed by atoms with Crippen LogP contribution in [0.25, 0.3) is 0 Å². The Kier molecular flexibility index (Phi) is 6.04. The van der Waals surface area contributed by atoms with Gasteiger partial charge in [-0.1, -0.05) is 18.2 Å². The standard InChI is InChI=1S/C14H21F2N3O2/c1-14(12(17)20,18-8-9-19(2)3)10-6-4-5-7-11(10)21-13(15)16/h4-7,13,18H,8-9H2,1-3H3,(H2,17,20). The molecule has 118 valence electrons. The second-order valence-corrected chi connectivity index (χ2v) is 5.09. The van der Waals surface area contributed by atoms with Gasteiger partial charge in [-0.15, -0.1) is 0 Å². The van der Waals surface area contributed by atoms with Gasteiger partial charge in [-0.05, 0) is 27.1 Å². The van der Waals surface area contributed by atoms with Gasteiger partial charge in [0.05, 0.1) is 0 Å². The number of hydrogen-bond donors (Lipinski definition) is 2. The van der Waals surface area contributed by atoms with Crippen molar-refractivity contribution in [1.82, 2.24) is 10.2 Å². The number of nitrogens with zero attached hydrogens (tertiary/aromatic N) is 1. The molecule has 0 saturated carbocycles. The lowest BCUT2D eigenvalue weighted by Crippen LogP contribution is -2.52. The van der Waals surface area contributed by atoms with Crippen molar-refractivity contribution in [1.29, 1.82) is 0 Å². The molecule has 0 aliphatic rings. The maximum Gasteiger partial charge on any atom is 0.387 e. The van der Waals surface area contributed by atoms with E-state index in [1.807, 2.05) is 19.0 Å². The Morgan fingerprint density at radius 1 is 1.43 bits per heavy atom. The lowest BCUT2D eigenvalue weighted by Gasteiger charge is -2.30. The monoisotopic (exact) mass is 301 g/mol. The van der Waals surface area contributed by atoms with E-state index in [0.717, 1.165) is 0 Å². The minimum atomic E-state index is -2.97. The van der Waals surface area contributed by atoms with Crippen LogP contribution in [0.1, 0.15) is 12.5 Å². The van der Waals surface area contributed by atoms with Crippen LogP contribution < -0.4 is 15.8 Å². The second kappa shape index (κ2) is 7.33. The van der Waals surface area contributed by atoms with Crippen LogP contribution in [0, 0.1) is 0 Å². The predicted molar refractivity (Wildman–Crippen MR) is 76.2 cm³/mol. The molecule has 0 heterocycles. The van der Waals surface area contributed by atoms with E-state index < -0.39 is 18.1 Å². The van der Waals surface area contributed by atoms with Crippen LogP contribution in [0.15, 0.2) is 24.3 Å². The summed E-state index contributed by atoms with van der Waals surface area (Å²) in [6, 6.07) is 6.13. The van der Waals surface area contributed by atoms with Crippen molar-refractivity contribution >= 4 is 5.91 Å². The molecule has 0 aliphatic heterocycles. The maximum absolute atomic E-state index is 12.5. The van der Waals surface area contributed by atoms with E-state index in [1.165, 1.54) is 6.07 Å². The lowest BCUT2D eigenvalue weighted by molar-refractivity contribution is -0.124. The Bertz CT molecular complexity index is 483. The zero-order chi connectivity index (χ0) is 16.0. The molecule has 0 aromatic heterocycles. The molecule has 0 aliphatic carbocycles. The molecule has 1 aromatic carbocycles. The van der Waals surface area contributed by atoms with Gasteiger partial charge in [-0.3, -0.25) is 10.1 Å². The number of ether oxygens (including phenoxy) is 1. The van der Waals surface area contributed by atoms with Gasteiger partial charge in [0.25, 0.3) is 0 Å². The number of benzene rings is 1. The first-order valence-corrected chi connectivity index (χ1v) is 6.51. The molecule has 3 N–H and O–H groups in total. The van der Waals surface area contributed by atoms with E-state index >= 15 is 0 Å². The van der Waals surface area contributed by atoms with Crippen LogP contribution in [-0.2, 0) is 10.3 Å². The summed E-state index contributed by atoms with van der Waals surface area (Å²) in [5.41, 5.74) is 4.46. The fourth-order valence-electron chi connectivity index (χ4n) is 1.92. The summed E-state index contributed by atoms with van der Waals surface area (Å²) in [7, 11) is 3.77. The third-order valence-corrected chi connectivity index (χ3v) is 3.17. The quantitative estimate of drug-likeness (QED) is 0.755. The van der Waals surface area contributed by atoms with Gasteiger partial charge in [0, 0.05) is 18.7 Å². The van der Waals surface area contributed by atoms with E-state index in [2.05, 4.69) is 10.1 Å². The minimum absolute atomic E-state index is 0.0637. The maximum atomic E-state index is 12.5. The third kappa shape index (κ3) is 4.64. The first-order valence-electron chi connectivity index (χ1n) is 6.51. The number of carbonyl (C=O) groups is 1. The number of likely N-dealkylation sites (N-methyl/N-ethyl adjacent to an activating group) is 1. The predicted octanol–water partition coefficient (Wildman–Crippen LogP) is 1.14. The molecule has 0 saturated heterocycles. The Hall–Kier alpha value is -1.73. The minimum Gasteiger partial charge on any atom is -0.434 e. The Morgan fingerprint density at radius 2 is 2.05 bits per heavy atom. The summed E-state index contributed by atoms with van der Waals surface area (Å²) >= 11 is 0. The van der Waals surface area contributed by atoms with Gasteiger partial charge in [0.15, 0.2) is 0 Å².